The molecule has 0 spiro atoms. The topological polar surface area (TPSA) is 82.1 Å². The third-order valence-corrected chi connectivity index (χ3v) is 4.61. The number of hydrogen-bond acceptors (Lipinski definition) is 6. The molecule has 144 valence electrons. The Hall–Kier alpha value is -3.35. The first-order valence-electron chi connectivity index (χ1n) is 9.20. The van der Waals surface area contributed by atoms with Gasteiger partial charge in [0.15, 0.2) is 11.5 Å². The second-order valence-corrected chi connectivity index (χ2v) is 6.60. The summed E-state index contributed by atoms with van der Waals surface area (Å²) in [4.78, 5) is 41.5. The maximum atomic E-state index is 12.2. The van der Waals surface area contributed by atoms with E-state index < -0.39 is 17.8 Å². The van der Waals surface area contributed by atoms with Gasteiger partial charge in [-0.25, -0.2) is 4.79 Å². The summed E-state index contributed by atoms with van der Waals surface area (Å²) in [6.45, 7) is 1.25. The van der Waals surface area contributed by atoms with Crippen molar-refractivity contribution in [3.63, 3.8) is 0 Å². The molecule has 0 bridgehead atoms. The molecule has 4 rings (SSSR count). The molecule has 2 aromatic carbocycles. The van der Waals surface area contributed by atoms with Gasteiger partial charge in [0, 0.05) is 12.8 Å². The van der Waals surface area contributed by atoms with Crippen LogP contribution >= 0.6 is 0 Å². The third-order valence-electron chi connectivity index (χ3n) is 4.61. The Bertz CT molecular complexity index is 903. The van der Waals surface area contributed by atoms with Gasteiger partial charge < -0.3 is 14.3 Å². The van der Waals surface area contributed by atoms with Crippen LogP contribution in [0, 0.1) is 0 Å². The van der Waals surface area contributed by atoms with E-state index in [9.17, 15) is 14.4 Å². The second kappa shape index (κ2) is 7.72. The van der Waals surface area contributed by atoms with Crippen LogP contribution in [0.5, 0.6) is 11.5 Å². The quantitative estimate of drug-likeness (QED) is 0.741. The van der Waals surface area contributed by atoms with Crippen LogP contribution in [-0.4, -0.2) is 36.1 Å². The molecule has 28 heavy (non-hydrogen) atoms. The molecule has 0 fully saturated rings. The number of ether oxygens (including phenoxy) is 2. The number of amides is 2. The number of carbonyl (C=O) groups is 3. The number of imide groups is 1. The minimum absolute atomic E-state index is 0.0852. The number of nitrogens with zero attached hydrogens (tertiary/aromatic N) is 1. The summed E-state index contributed by atoms with van der Waals surface area (Å²) >= 11 is 0. The average Bonchev–Trinajstić information content (AvgIpc) is 2.87. The predicted molar refractivity (Wildman–Crippen MR) is 98.0 cm³/mol. The van der Waals surface area contributed by atoms with Crippen LogP contribution in [0.15, 0.2) is 42.5 Å². The fourth-order valence-electron chi connectivity index (χ4n) is 3.20. The van der Waals surface area contributed by atoms with Gasteiger partial charge in [0.25, 0.3) is 11.8 Å². The highest BCUT2D eigenvalue weighted by molar-refractivity contribution is 6.20. The lowest BCUT2D eigenvalue weighted by Crippen LogP contribution is -2.32. The Labute approximate surface area is 161 Å². The fraction of sp³-hybridized carbons (Fsp3) is 0.286. The largest absolute Gasteiger partial charge is 0.490 e. The predicted octanol–water partition coefficient (Wildman–Crippen LogP) is 2.93. The van der Waals surface area contributed by atoms with Gasteiger partial charge in [0.1, 0.15) is 0 Å². The molecule has 0 aliphatic carbocycles. The monoisotopic (exact) mass is 381 g/mol. The van der Waals surface area contributed by atoms with Crippen molar-refractivity contribution < 1.29 is 28.7 Å². The lowest BCUT2D eigenvalue weighted by molar-refractivity contribution is -0.168. The first kappa shape index (κ1) is 18.0. The molecule has 0 saturated carbocycles. The molecule has 2 aliphatic heterocycles. The number of rotatable bonds is 5. The molecule has 0 unspecified atom stereocenters. The van der Waals surface area contributed by atoms with Crippen molar-refractivity contribution >= 4 is 17.8 Å². The van der Waals surface area contributed by atoms with Crippen molar-refractivity contribution in [3.05, 3.63) is 59.2 Å². The van der Waals surface area contributed by atoms with Crippen molar-refractivity contribution in [2.75, 3.05) is 13.2 Å². The second-order valence-electron chi connectivity index (χ2n) is 6.60. The summed E-state index contributed by atoms with van der Waals surface area (Å²) in [7, 11) is 0. The number of aryl methyl sites for hydroxylation is 1. The summed E-state index contributed by atoms with van der Waals surface area (Å²) in [6.07, 6.45) is 2.07. The number of benzene rings is 2. The Balaban J connectivity index is 1.30. The molecule has 7 heteroatoms. The lowest BCUT2D eigenvalue weighted by Gasteiger charge is -2.13. The van der Waals surface area contributed by atoms with Gasteiger partial charge in [-0.1, -0.05) is 23.3 Å². The highest BCUT2D eigenvalue weighted by atomic mass is 16.7. The first-order chi connectivity index (χ1) is 13.6. The minimum atomic E-state index is -0.621. The average molecular weight is 381 g/mol. The van der Waals surface area contributed by atoms with E-state index in [1.165, 1.54) is 12.1 Å². The normalized spacial score (nSPS) is 15.2. The van der Waals surface area contributed by atoms with Crippen molar-refractivity contribution in [1.82, 2.24) is 5.06 Å². The van der Waals surface area contributed by atoms with Crippen molar-refractivity contribution in [2.45, 2.75) is 25.7 Å². The molecule has 0 radical (unpaired) electrons. The zero-order valence-electron chi connectivity index (χ0n) is 15.2. The number of fused-ring (bicyclic) bond motifs is 2. The van der Waals surface area contributed by atoms with Gasteiger partial charge in [0.2, 0.25) is 0 Å². The van der Waals surface area contributed by atoms with Crippen LogP contribution in [0.4, 0.5) is 0 Å². The van der Waals surface area contributed by atoms with Crippen LogP contribution in [-0.2, 0) is 16.1 Å². The Morgan fingerprint density at radius 2 is 1.64 bits per heavy atom. The Morgan fingerprint density at radius 3 is 2.36 bits per heavy atom. The molecule has 7 nitrogen and oxygen atoms in total. The van der Waals surface area contributed by atoms with E-state index in [-0.39, 0.29) is 17.5 Å². The molecule has 0 saturated heterocycles. The molecule has 2 aromatic rings. The van der Waals surface area contributed by atoms with Gasteiger partial charge >= 0.3 is 5.97 Å². The maximum Gasteiger partial charge on any atom is 0.333 e. The zero-order valence-corrected chi connectivity index (χ0v) is 15.2. The van der Waals surface area contributed by atoms with Crippen molar-refractivity contribution in [2.24, 2.45) is 0 Å². The summed E-state index contributed by atoms with van der Waals surface area (Å²) in [5.41, 5.74) is 1.50. The van der Waals surface area contributed by atoms with Gasteiger partial charge in [-0.2, -0.15) is 0 Å². The maximum absolute atomic E-state index is 12.2. The fourth-order valence-corrected chi connectivity index (χ4v) is 3.20. The Morgan fingerprint density at radius 1 is 0.964 bits per heavy atom. The van der Waals surface area contributed by atoms with E-state index in [0.29, 0.717) is 36.9 Å². The molecular formula is C21H19NO6. The molecule has 2 amide bonds. The van der Waals surface area contributed by atoms with E-state index >= 15 is 0 Å². The van der Waals surface area contributed by atoms with E-state index in [0.717, 1.165) is 17.7 Å². The smallest absolute Gasteiger partial charge is 0.333 e. The molecule has 2 heterocycles. The third kappa shape index (κ3) is 3.55. The van der Waals surface area contributed by atoms with Crippen LogP contribution in [0.2, 0.25) is 0 Å². The SMILES string of the molecule is O=C(CCCc1ccc2c(c1)OCCCO2)ON1C(=O)c2ccccc2C1=O. The summed E-state index contributed by atoms with van der Waals surface area (Å²) < 4.78 is 11.3. The summed E-state index contributed by atoms with van der Waals surface area (Å²) in [6, 6.07) is 12.1. The van der Waals surface area contributed by atoms with Gasteiger partial charge in [-0.05, 0) is 42.7 Å². The van der Waals surface area contributed by atoms with Crippen LogP contribution in [0.1, 0.15) is 45.5 Å². The van der Waals surface area contributed by atoms with Crippen LogP contribution < -0.4 is 9.47 Å². The standard InChI is InChI=1S/C21H19NO6/c23-19(28-22-20(24)15-6-1-2-7-16(15)21(22)25)8-3-5-14-9-10-17-18(13-14)27-12-4-11-26-17/h1-2,6-7,9-10,13H,3-5,8,11-12H2. The van der Waals surface area contributed by atoms with E-state index in [1.54, 1.807) is 12.1 Å². The van der Waals surface area contributed by atoms with Gasteiger partial charge in [0.05, 0.1) is 24.3 Å². The Kier molecular flexibility index (Phi) is 4.97. The van der Waals surface area contributed by atoms with E-state index in [2.05, 4.69) is 0 Å². The van der Waals surface area contributed by atoms with Crippen molar-refractivity contribution in [3.8, 4) is 11.5 Å². The van der Waals surface area contributed by atoms with Gasteiger partial charge in [-0.15, -0.1) is 0 Å². The molecule has 0 aromatic heterocycles. The van der Waals surface area contributed by atoms with Crippen molar-refractivity contribution in [1.29, 1.82) is 0 Å². The van der Waals surface area contributed by atoms with Crippen LogP contribution in [0.25, 0.3) is 0 Å². The van der Waals surface area contributed by atoms with Gasteiger partial charge in [-0.3, -0.25) is 9.59 Å². The number of carbonyl (C=O) groups excluding carboxylic acids is 3. The summed E-state index contributed by atoms with van der Waals surface area (Å²) in [5.74, 6) is -0.410. The molecule has 0 N–H and O–H groups in total. The minimum Gasteiger partial charge on any atom is -0.490 e. The zero-order chi connectivity index (χ0) is 19.5. The number of hydroxylamine groups is 2. The van der Waals surface area contributed by atoms with Crippen LogP contribution in [0.3, 0.4) is 0 Å². The number of hydrogen-bond donors (Lipinski definition) is 0. The molecular weight excluding hydrogens is 362 g/mol. The first-order valence-corrected chi connectivity index (χ1v) is 9.20. The van der Waals surface area contributed by atoms with E-state index in [1.807, 2.05) is 18.2 Å². The molecule has 0 atom stereocenters. The van der Waals surface area contributed by atoms with E-state index in [4.69, 9.17) is 14.3 Å². The highest BCUT2D eigenvalue weighted by Crippen LogP contribution is 2.31. The summed E-state index contributed by atoms with van der Waals surface area (Å²) in [5, 5.41) is 0.542. The lowest BCUT2D eigenvalue weighted by atomic mass is 10.1. The highest BCUT2D eigenvalue weighted by Gasteiger charge is 2.38. The molecule has 2 aliphatic rings.